The highest BCUT2D eigenvalue weighted by Crippen LogP contribution is 2.50. The van der Waals surface area contributed by atoms with Crippen LogP contribution in [0.1, 0.15) is 24.8 Å². The van der Waals surface area contributed by atoms with E-state index in [0.29, 0.717) is 11.4 Å². The molecule has 0 amide bonds. The molecule has 7 heteroatoms. The lowest BCUT2D eigenvalue weighted by Crippen LogP contribution is -2.22. The Kier molecular flexibility index (Phi) is 4.51. The predicted octanol–water partition coefficient (Wildman–Crippen LogP) is 1.35. The first-order valence-corrected chi connectivity index (χ1v) is 8.47. The lowest BCUT2D eigenvalue weighted by Gasteiger charge is -2.14. The number of hydrogen-bond acceptors (Lipinski definition) is 6. The fourth-order valence-electron chi connectivity index (χ4n) is 2.40. The minimum absolute atomic E-state index is 0.00680. The fourth-order valence-corrected chi connectivity index (χ4v) is 4.52. The summed E-state index contributed by atoms with van der Waals surface area (Å²) < 4.78 is 34.4. The Morgan fingerprint density at radius 2 is 2.10 bits per heavy atom. The van der Waals surface area contributed by atoms with Gasteiger partial charge in [-0.1, -0.05) is 6.07 Å². The van der Waals surface area contributed by atoms with Crippen LogP contribution in [0, 0.1) is 5.41 Å². The lowest BCUT2D eigenvalue weighted by atomic mass is 10.1. The van der Waals surface area contributed by atoms with Gasteiger partial charge in [-0.2, -0.15) is 0 Å². The van der Waals surface area contributed by atoms with Crippen LogP contribution in [0.25, 0.3) is 0 Å². The number of esters is 1. The number of carbonyl (C=O) groups is 1. The number of ether oxygens (including phenoxy) is 2. The molecule has 1 heterocycles. The third-order valence-electron chi connectivity index (χ3n) is 3.65. The predicted molar refractivity (Wildman–Crippen MR) is 76.6 cm³/mol. The van der Waals surface area contributed by atoms with Gasteiger partial charge in [0.2, 0.25) is 5.88 Å². The largest absolute Gasteiger partial charge is 0.481 e. The maximum absolute atomic E-state index is 12.4. The van der Waals surface area contributed by atoms with Gasteiger partial charge >= 0.3 is 5.97 Å². The van der Waals surface area contributed by atoms with Gasteiger partial charge in [0.05, 0.1) is 32.1 Å². The van der Waals surface area contributed by atoms with E-state index in [1.54, 1.807) is 18.3 Å². The number of methoxy groups -OCH3 is 2. The molecule has 0 radical (unpaired) electrons. The van der Waals surface area contributed by atoms with Crippen LogP contribution in [-0.4, -0.2) is 39.3 Å². The molecule has 6 nitrogen and oxygen atoms in total. The van der Waals surface area contributed by atoms with Gasteiger partial charge in [-0.25, -0.2) is 13.4 Å². The van der Waals surface area contributed by atoms with E-state index in [4.69, 9.17) is 4.74 Å². The first-order valence-electron chi connectivity index (χ1n) is 6.65. The number of carbonyl (C=O) groups excluding carboxylic acids is 1. The van der Waals surface area contributed by atoms with E-state index in [-0.39, 0.29) is 23.9 Å². The van der Waals surface area contributed by atoms with Crippen LogP contribution in [-0.2, 0) is 25.1 Å². The molecule has 21 heavy (non-hydrogen) atoms. The van der Waals surface area contributed by atoms with Gasteiger partial charge in [0.25, 0.3) is 0 Å². The third-order valence-corrected chi connectivity index (χ3v) is 5.45. The summed E-state index contributed by atoms with van der Waals surface area (Å²) in [5.41, 5.74) is 0.0929. The zero-order valence-electron chi connectivity index (χ0n) is 12.2. The summed E-state index contributed by atoms with van der Waals surface area (Å²) in [5.74, 6) is -0.180. The van der Waals surface area contributed by atoms with E-state index in [9.17, 15) is 13.2 Å². The zero-order chi connectivity index (χ0) is 15.5. The molecule has 1 aromatic heterocycles. The maximum Gasteiger partial charge on any atom is 0.306 e. The topological polar surface area (TPSA) is 82.6 Å². The van der Waals surface area contributed by atoms with Crippen LogP contribution < -0.4 is 4.74 Å². The van der Waals surface area contributed by atoms with Gasteiger partial charge in [-0.05, 0) is 24.3 Å². The summed E-state index contributed by atoms with van der Waals surface area (Å²) in [6, 6.07) is 3.36. The molecule has 0 saturated heterocycles. The van der Waals surface area contributed by atoms with Gasteiger partial charge in [0.15, 0.2) is 9.84 Å². The van der Waals surface area contributed by atoms with Gasteiger partial charge in [0, 0.05) is 11.8 Å². The number of aromatic nitrogens is 1. The third kappa shape index (κ3) is 4.17. The molecule has 1 aromatic rings. The van der Waals surface area contributed by atoms with E-state index < -0.39 is 15.3 Å². The van der Waals surface area contributed by atoms with E-state index in [1.165, 1.54) is 14.2 Å². The van der Waals surface area contributed by atoms with Crippen LogP contribution in [0.3, 0.4) is 0 Å². The van der Waals surface area contributed by atoms with E-state index >= 15 is 0 Å². The van der Waals surface area contributed by atoms with Crippen molar-refractivity contribution >= 4 is 15.8 Å². The summed E-state index contributed by atoms with van der Waals surface area (Å²) in [5, 5.41) is 0. The van der Waals surface area contributed by atoms with Gasteiger partial charge in [-0.3, -0.25) is 4.79 Å². The van der Waals surface area contributed by atoms with Crippen LogP contribution in [0.4, 0.5) is 0 Å². The molecule has 1 fully saturated rings. The number of sulfone groups is 1. The molecule has 0 spiro atoms. The molecule has 1 saturated carbocycles. The highest BCUT2D eigenvalue weighted by molar-refractivity contribution is 7.90. The number of hydrogen-bond donors (Lipinski definition) is 0. The smallest absolute Gasteiger partial charge is 0.306 e. The Bertz CT molecular complexity index is 622. The van der Waals surface area contributed by atoms with Crippen molar-refractivity contribution in [3.05, 3.63) is 23.9 Å². The minimum atomic E-state index is -3.34. The molecule has 2 rings (SSSR count). The van der Waals surface area contributed by atoms with Crippen molar-refractivity contribution < 1.29 is 22.7 Å². The number of nitrogens with zero attached hydrogens (tertiary/aromatic N) is 1. The van der Waals surface area contributed by atoms with Crippen LogP contribution in [0.2, 0.25) is 0 Å². The van der Waals surface area contributed by atoms with Crippen molar-refractivity contribution in [2.24, 2.45) is 5.41 Å². The number of pyridine rings is 1. The highest BCUT2D eigenvalue weighted by Gasteiger charge is 2.47. The average Bonchev–Trinajstić information content (AvgIpc) is 3.17. The molecular weight excluding hydrogens is 294 g/mol. The maximum atomic E-state index is 12.4. The quantitative estimate of drug-likeness (QED) is 0.707. The standard InChI is InChI=1S/C14H19NO5S/c1-19-12(16)8-14(5-6-14)10-21(17,18)9-11-4-3-7-15-13(11)20-2/h3-4,7H,5-6,8-10H2,1-2H3. The molecular formula is C14H19NO5S. The second kappa shape index (κ2) is 6.01. The van der Waals surface area contributed by atoms with Crippen LogP contribution in [0.15, 0.2) is 18.3 Å². The van der Waals surface area contributed by atoms with E-state index in [2.05, 4.69) is 9.72 Å². The molecule has 0 unspecified atom stereocenters. The van der Waals surface area contributed by atoms with Gasteiger partial charge < -0.3 is 9.47 Å². The Labute approximate surface area is 124 Å². The number of rotatable bonds is 7. The Hall–Kier alpha value is -1.63. The zero-order valence-corrected chi connectivity index (χ0v) is 13.0. The average molecular weight is 313 g/mol. The van der Waals surface area contributed by atoms with E-state index in [0.717, 1.165) is 12.8 Å². The SMILES string of the molecule is COC(=O)CC1(CS(=O)(=O)Cc2cccnc2OC)CC1. The van der Waals surface area contributed by atoms with Gasteiger partial charge in [0.1, 0.15) is 0 Å². The molecule has 0 N–H and O–H groups in total. The van der Waals surface area contributed by atoms with Crippen molar-refractivity contribution in [3.63, 3.8) is 0 Å². The highest BCUT2D eigenvalue weighted by atomic mass is 32.2. The van der Waals surface area contributed by atoms with Crippen molar-refractivity contribution in [1.29, 1.82) is 0 Å². The van der Waals surface area contributed by atoms with Crippen molar-refractivity contribution in [3.8, 4) is 5.88 Å². The fraction of sp³-hybridized carbons (Fsp3) is 0.571. The van der Waals surface area contributed by atoms with Gasteiger partial charge in [-0.15, -0.1) is 0 Å². The first kappa shape index (κ1) is 15.8. The Balaban J connectivity index is 2.07. The molecule has 0 aromatic carbocycles. The molecule has 1 aliphatic rings. The van der Waals surface area contributed by atoms with Crippen molar-refractivity contribution in [2.45, 2.75) is 25.0 Å². The first-order chi connectivity index (χ1) is 9.90. The summed E-state index contributed by atoms with van der Waals surface area (Å²) >= 11 is 0. The molecule has 0 aliphatic heterocycles. The second-order valence-electron chi connectivity index (χ2n) is 5.46. The van der Waals surface area contributed by atoms with E-state index in [1.807, 2.05) is 0 Å². The Morgan fingerprint density at radius 1 is 1.38 bits per heavy atom. The molecule has 1 aliphatic carbocycles. The van der Waals surface area contributed by atoms with Crippen LogP contribution in [0.5, 0.6) is 5.88 Å². The van der Waals surface area contributed by atoms with Crippen molar-refractivity contribution in [1.82, 2.24) is 4.98 Å². The monoisotopic (exact) mass is 313 g/mol. The minimum Gasteiger partial charge on any atom is -0.481 e. The lowest BCUT2D eigenvalue weighted by molar-refractivity contribution is -0.141. The van der Waals surface area contributed by atoms with Crippen LogP contribution >= 0.6 is 0 Å². The molecule has 0 bridgehead atoms. The summed E-state index contributed by atoms with van der Waals surface area (Å²) in [4.78, 5) is 15.4. The van der Waals surface area contributed by atoms with Crippen molar-refractivity contribution in [2.75, 3.05) is 20.0 Å². The normalized spacial score (nSPS) is 16.3. The summed E-state index contributed by atoms with van der Waals surface area (Å²) in [6.07, 6.45) is 3.19. The summed E-state index contributed by atoms with van der Waals surface area (Å²) in [6.45, 7) is 0. The Morgan fingerprint density at radius 3 is 2.67 bits per heavy atom. The summed E-state index contributed by atoms with van der Waals surface area (Å²) in [7, 11) is -0.575. The second-order valence-corrected chi connectivity index (χ2v) is 7.52. The molecule has 0 atom stereocenters. The molecule has 116 valence electrons.